The predicted molar refractivity (Wildman–Crippen MR) is 211 cm³/mol. The Morgan fingerprint density at radius 2 is 1.16 bits per heavy atom. The summed E-state index contributed by atoms with van der Waals surface area (Å²) in [4.78, 5) is 64.1. The first-order valence-corrected chi connectivity index (χ1v) is 19.3. The number of nitrogens with one attached hydrogen (secondary N) is 2. The van der Waals surface area contributed by atoms with Crippen LogP contribution in [0.4, 0.5) is 9.59 Å². The van der Waals surface area contributed by atoms with Crippen LogP contribution >= 0.6 is 0 Å². The van der Waals surface area contributed by atoms with Crippen LogP contribution in [0.3, 0.4) is 0 Å². The number of piperidine rings is 2. The average molecular weight is 773 g/mol. The Morgan fingerprint density at radius 1 is 0.661 bits per heavy atom. The van der Waals surface area contributed by atoms with Gasteiger partial charge in [0.15, 0.2) is 17.3 Å². The standard InChI is InChI=1S/C25H30N2O5.C18H26N2O4/c1-17(29)24(23(31)16-28)26-25(32)27-13-11-20(12-14-27)19-7-9-21(10-8-19)22(30)15-18-5-3-2-4-6-18;1-12-5-7-14(8-6-12)15-4-3-9-20(10-15)18(24)19-17(13(2)22)16(23)11-21/h2-10,17,20,24,28-29H,11-16H2,1H3,(H,26,32);5-8,13,15,17,21-22H,3-4,9-11H2,1-2H3,(H,19,24)/t17-,24+;13-,15?,17+/m11/s1. The lowest BCUT2D eigenvalue weighted by atomic mass is 9.88. The highest BCUT2D eigenvalue weighted by Gasteiger charge is 2.31. The number of hydrogen-bond acceptors (Lipinski definition) is 9. The summed E-state index contributed by atoms with van der Waals surface area (Å²) in [7, 11) is 0. The molecule has 13 heteroatoms. The zero-order chi connectivity index (χ0) is 40.8. The Kier molecular flexibility index (Phi) is 16.7. The molecule has 4 amide bonds. The van der Waals surface area contributed by atoms with Gasteiger partial charge in [-0.2, -0.15) is 0 Å². The van der Waals surface area contributed by atoms with Gasteiger partial charge >= 0.3 is 12.1 Å². The molecule has 0 aliphatic carbocycles. The second-order valence-electron chi connectivity index (χ2n) is 14.7. The number of benzene rings is 3. The van der Waals surface area contributed by atoms with Gasteiger partial charge in [-0.3, -0.25) is 14.4 Å². The SMILES string of the molecule is C[C@@H](O)[C@H](NC(=O)N1CCC(c2ccc(C(=O)Cc3ccccc3)cc2)CC1)C(=O)CO.Cc1ccc(C2CCCN(C(=O)N[C@H](C(=O)CO)[C@@H](C)O)C2)cc1. The minimum atomic E-state index is -1.12. The molecule has 1 unspecified atom stereocenters. The molecule has 0 saturated carbocycles. The minimum absolute atomic E-state index is 0.0827. The van der Waals surface area contributed by atoms with Gasteiger partial charge in [-0.25, -0.2) is 9.59 Å². The number of aliphatic hydroxyl groups is 4. The fourth-order valence-electron chi connectivity index (χ4n) is 7.10. The van der Waals surface area contributed by atoms with Gasteiger partial charge in [0.05, 0.1) is 12.2 Å². The number of Topliss-reactive ketones (excluding diaryl/α,β-unsaturated/α-hetero) is 3. The van der Waals surface area contributed by atoms with Crippen molar-refractivity contribution in [2.45, 2.75) is 89.0 Å². The molecule has 2 heterocycles. The van der Waals surface area contributed by atoms with E-state index in [2.05, 4.69) is 34.9 Å². The zero-order valence-corrected chi connectivity index (χ0v) is 32.5. The van der Waals surface area contributed by atoms with Gasteiger partial charge in [0, 0.05) is 44.1 Å². The molecule has 0 aromatic heterocycles. The number of hydrogen-bond donors (Lipinski definition) is 6. The normalized spacial score (nSPS) is 18.0. The van der Waals surface area contributed by atoms with Crippen molar-refractivity contribution in [1.29, 1.82) is 0 Å². The molecule has 2 fully saturated rings. The third-order valence-electron chi connectivity index (χ3n) is 10.5. The average Bonchev–Trinajstić information content (AvgIpc) is 3.22. The third-order valence-corrected chi connectivity index (χ3v) is 10.5. The van der Waals surface area contributed by atoms with Gasteiger partial charge in [0.25, 0.3) is 0 Å². The van der Waals surface area contributed by atoms with Crippen molar-refractivity contribution in [2.75, 3.05) is 39.4 Å². The lowest BCUT2D eigenvalue weighted by Crippen LogP contribution is -2.54. The third kappa shape index (κ3) is 12.5. The quantitative estimate of drug-likeness (QED) is 0.141. The maximum absolute atomic E-state index is 12.5. The maximum atomic E-state index is 12.5. The summed E-state index contributed by atoms with van der Waals surface area (Å²) in [5.74, 6) is -0.581. The summed E-state index contributed by atoms with van der Waals surface area (Å²) >= 11 is 0. The van der Waals surface area contributed by atoms with Crippen molar-refractivity contribution in [3.05, 3.63) is 107 Å². The number of rotatable bonds is 13. The molecule has 302 valence electrons. The van der Waals surface area contributed by atoms with Crippen molar-refractivity contribution in [1.82, 2.24) is 20.4 Å². The van der Waals surface area contributed by atoms with E-state index in [-0.39, 0.29) is 23.7 Å². The van der Waals surface area contributed by atoms with Crippen LogP contribution in [0.25, 0.3) is 0 Å². The van der Waals surface area contributed by atoms with Crippen molar-refractivity contribution < 1.29 is 44.4 Å². The molecular weight excluding hydrogens is 716 g/mol. The Hall–Kier alpha value is -4.95. The first-order valence-electron chi connectivity index (χ1n) is 19.3. The highest BCUT2D eigenvalue weighted by atomic mass is 16.3. The highest BCUT2D eigenvalue weighted by molar-refractivity contribution is 5.97. The van der Waals surface area contributed by atoms with Gasteiger partial charge < -0.3 is 40.9 Å². The summed E-state index contributed by atoms with van der Waals surface area (Å²) in [5, 5.41) is 42.4. The summed E-state index contributed by atoms with van der Waals surface area (Å²) in [6.45, 7) is 5.66. The molecule has 2 saturated heterocycles. The summed E-state index contributed by atoms with van der Waals surface area (Å²) < 4.78 is 0. The van der Waals surface area contributed by atoms with E-state index in [9.17, 15) is 34.2 Å². The molecule has 0 bridgehead atoms. The Labute approximate surface area is 328 Å². The molecule has 5 atom stereocenters. The number of aryl methyl sites for hydroxylation is 1. The second kappa shape index (κ2) is 21.4. The monoisotopic (exact) mass is 772 g/mol. The molecule has 13 nitrogen and oxygen atoms in total. The number of likely N-dealkylation sites (tertiary alicyclic amines) is 2. The summed E-state index contributed by atoms with van der Waals surface area (Å²) in [6.07, 6.45) is 1.67. The summed E-state index contributed by atoms with van der Waals surface area (Å²) in [6, 6.07) is 22.7. The number of carbonyl (C=O) groups is 5. The second-order valence-corrected chi connectivity index (χ2v) is 14.7. The van der Waals surface area contributed by atoms with Crippen LogP contribution in [0.5, 0.6) is 0 Å². The van der Waals surface area contributed by atoms with E-state index in [0.717, 1.165) is 36.8 Å². The lowest BCUT2D eigenvalue weighted by Gasteiger charge is -2.34. The summed E-state index contributed by atoms with van der Waals surface area (Å²) in [5.41, 5.74) is 5.22. The molecule has 0 spiro atoms. The molecule has 56 heavy (non-hydrogen) atoms. The van der Waals surface area contributed by atoms with E-state index in [1.807, 2.05) is 61.5 Å². The van der Waals surface area contributed by atoms with Crippen LogP contribution in [-0.4, -0.2) is 123 Å². The van der Waals surface area contributed by atoms with E-state index in [1.165, 1.54) is 25.0 Å². The number of urea groups is 2. The minimum Gasteiger partial charge on any atom is -0.391 e. The highest BCUT2D eigenvalue weighted by Crippen LogP contribution is 2.29. The van der Waals surface area contributed by atoms with E-state index >= 15 is 0 Å². The maximum Gasteiger partial charge on any atom is 0.318 e. The van der Waals surface area contributed by atoms with Crippen LogP contribution in [0.1, 0.15) is 84.0 Å². The fourth-order valence-corrected chi connectivity index (χ4v) is 7.10. The van der Waals surface area contributed by atoms with E-state index in [1.54, 1.807) is 9.80 Å². The first-order chi connectivity index (χ1) is 26.8. The first kappa shape index (κ1) is 43.8. The van der Waals surface area contributed by atoms with E-state index in [0.29, 0.717) is 38.2 Å². The molecule has 5 rings (SSSR count). The zero-order valence-electron chi connectivity index (χ0n) is 32.5. The van der Waals surface area contributed by atoms with E-state index < -0.39 is 55.1 Å². The predicted octanol–water partition coefficient (Wildman–Crippen LogP) is 3.51. The van der Waals surface area contributed by atoms with Crippen molar-refractivity contribution in [3.8, 4) is 0 Å². The van der Waals surface area contributed by atoms with E-state index in [4.69, 9.17) is 10.2 Å². The fraction of sp³-hybridized carbons (Fsp3) is 0.465. The Balaban J connectivity index is 0.000000259. The van der Waals surface area contributed by atoms with Crippen LogP contribution in [0.15, 0.2) is 78.9 Å². The van der Waals surface area contributed by atoms with Gasteiger partial charge in [-0.1, -0.05) is 84.4 Å². The molecule has 0 radical (unpaired) electrons. The van der Waals surface area contributed by atoms with Gasteiger partial charge in [0.1, 0.15) is 25.3 Å². The number of amides is 4. The Morgan fingerprint density at radius 3 is 1.68 bits per heavy atom. The van der Waals surface area contributed by atoms with Gasteiger partial charge in [-0.15, -0.1) is 0 Å². The molecule has 6 N–H and O–H groups in total. The smallest absolute Gasteiger partial charge is 0.318 e. The van der Waals surface area contributed by atoms with Crippen LogP contribution < -0.4 is 10.6 Å². The number of ketones is 3. The Bertz CT molecular complexity index is 1740. The number of aliphatic hydroxyl groups excluding tert-OH is 4. The van der Waals surface area contributed by atoms with Crippen LogP contribution in [0, 0.1) is 6.92 Å². The van der Waals surface area contributed by atoms with Crippen molar-refractivity contribution in [2.24, 2.45) is 0 Å². The van der Waals surface area contributed by atoms with Gasteiger partial charge in [-0.05, 0) is 69.1 Å². The largest absolute Gasteiger partial charge is 0.391 e. The van der Waals surface area contributed by atoms with Crippen molar-refractivity contribution >= 4 is 29.4 Å². The number of nitrogens with zero attached hydrogens (tertiary/aromatic N) is 2. The molecule has 3 aromatic carbocycles. The molecule has 2 aliphatic heterocycles. The topological polar surface area (TPSA) is 197 Å². The van der Waals surface area contributed by atoms with Crippen LogP contribution in [-0.2, 0) is 16.0 Å². The molecule has 3 aromatic rings. The molecule has 2 aliphatic rings. The van der Waals surface area contributed by atoms with Crippen LogP contribution in [0.2, 0.25) is 0 Å². The van der Waals surface area contributed by atoms with Gasteiger partial charge in [0.2, 0.25) is 0 Å². The molecular formula is C43H56N4O9. The van der Waals surface area contributed by atoms with Crippen molar-refractivity contribution in [3.63, 3.8) is 0 Å². The lowest BCUT2D eigenvalue weighted by molar-refractivity contribution is -0.126. The number of carbonyl (C=O) groups excluding carboxylic acids is 5.